The Hall–Kier alpha value is -4.18. The summed E-state index contributed by atoms with van der Waals surface area (Å²) in [6, 6.07) is 39.6. The number of benzene rings is 4. The molecule has 1 saturated heterocycles. The second kappa shape index (κ2) is 10.4. The van der Waals surface area contributed by atoms with Gasteiger partial charge in [0.1, 0.15) is 0 Å². The van der Waals surface area contributed by atoms with Crippen molar-refractivity contribution in [2.24, 2.45) is 5.92 Å². The maximum atomic E-state index is 14.6. The van der Waals surface area contributed by atoms with Crippen LogP contribution in [-0.4, -0.2) is 21.6 Å². The molecular weight excluding hydrogens is 456 g/mol. The fourth-order valence-electron chi connectivity index (χ4n) is 5.46. The van der Waals surface area contributed by atoms with Crippen molar-refractivity contribution in [3.63, 3.8) is 0 Å². The fraction of sp³-hybridized carbons (Fsp3) is 0.212. The highest BCUT2D eigenvalue weighted by Gasteiger charge is 2.66. The molecule has 1 fully saturated rings. The number of β-lactam (4-membered cyclic amide) rings is 1. The molecule has 1 heterocycles. The smallest absolute Gasteiger partial charge is 0.256 e. The van der Waals surface area contributed by atoms with Crippen molar-refractivity contribution in [3.05, 3.63) is 144 Å². The molecule has 0 aliphatic carbocycles. The molecule has 0 N–H and O–H groups in total. The van der Waals surface area contributed by atoms with E-state index in [0.717, 1.165) is 22.3 Å². The summed E-state index contributed by atoms with van der Waals surface area (Å²) in [7, 11) is 0. The molecule has 186 valence electrons. The Labute approximate surface area is 219 Å². The highest BCUT2D eigenvalue weighted by atomic mass is 16.2. The number of nitrogens with zero attached hydrogens (tertiary/aromatic N) is 2. The van der Waals surface area contributed by atoms with Crippen molar-refractivity contribution in [3.8, 4) is 0 Å². The average molecular weight is 489 g/mol. The van der Waals surface area contributed by atoms with E-state index in [1.807, 2.05) is 133 Å². The average Bonchev–Trinajstić information content (AvgIpc) is 2.95. The summed E-state index contributed by atoms with van der Waals surface area (Å²) in [4.78, 5) is 32.3. The van der Waals surface area contributed by atoms with Gasteiger partial charge in [0.25, 0.3) is 5.91 Å². The van der Waals surface area contributed by atoms with Crippen LogP contribution in [0, 0.1) is 5.92 Å². The number of likely N-dealkylation sites (tertiary alicyclic amines) is 1. The summed E-state index contributed by atoms with van der Waals surface area (Å²) >= 11 is 0. The molecule has 4 heteroatoms. The van der Waals surface area contributed by atoms with Crippen molar-refractivity contribution in [2.75, 3.05) is 0 Å². The van der Waals surface area contributed by atoms with Gasteiger partial charge in [0.05, 0.1) is 6.04 Å². The van der Waals surface area contributed by atoms with Crippen molar-refractivity contribution in [1.29, 1.82) is 0 Å². The third-order valence-electron chi connectivity index (χ3n) is 7.19. The first-order valence-electron chi connectivity index (χ1n) is 12.8. The largest absolute Gasteiger partial charge is 0.326 e. The van der Waals surface area contributed by atoms with Gasteiger partial charge in [-0.3, -0.25) is 9.59 Å². The first-order chi connectivity index (χ1) is 18.0. The summed E-state index contributed by atoms with van der Waals surface area (Å²) in [6.07, 6.45) is 0. The molecule has 2 unspecified atom stereocenters. The maximum Gasteiger partial charge on any atom is 0.256 e. The van der Waals surface area contributed by atoms with Crippen LogP contribution >= 0.6 is 0 Å². The third-order valence-corrected chi connectivity index (χ3v) is 7.19. The van der Waals surface area contributed by atoms with Crippen molar-refractivity contribution >= 4 is 11.8 Å². The van der Waals surface area contributed by atoms with Crippen molar-refractivity contribution in [2.45, 2.75) is 38.5 Å². The van der Waals surface area contributed by atoms with Crippen LogP contribution in [0.4, 0.5) is 0 Å². The predicted molar refractivity (Wildman–Crippen MR) is 146 cm³/mol. The van der Waals surface area contributed by atoms with Crippen LogP contribution < -0.4 is 0 Å². The normalized spacial score (nSPS) is 18.9. The molecule has 4 nitrogen and oxygen atoms in total. The predicted octanol–water partition coefficient (Wildman–Crippen LogP) is 6.35. The SMILES string of the molecule is CC(C)C(=O)N(Cc1ccccc1)C1(c2ccccc2)C(=O)N(Cc2ccccc2)C1c1ccccc1. The summed E-state index contributed by atoms with van der Waals surface area (Å²) in [5.74, 6) is -0.362. The minimum Gasteiger partial charge on any atom is -0.326 e. The van der Waals surface area contributed by atoms with E-state index in [9.17, 15) is 9.59 Å². The van der Waals surface area contributed by atoms with E-state index in [1.165, 1.54) is 0 Å². The fourth-order valence-corrected chi connectivity index (χ4v) is 5.46. The monoisotopic (exact) mass is 488 g/mol. The van der Waals surface area contributed by atoms with Crippen molar-refractivity contribution < 1.29 is 9.59 Å². The number of hydrogen-bond acceptors (Lipinski definition) is 2. The van der Waals surface area contributed by atoms with Crippen LogP contribution in [0.1, 0.15) is 42.1 Å². The molecule has 0 aromatic heterocycles. The molecular formula is C33H32N2O2. The van der Waals surface area contributed by atoms with Gasteiger partial charge in [-0.15, -0.1) is 0 Å². The molecule has 4 aromatic carbocycles. The standard InChI is InChI=1S/C33H32N2O2/c1-25(2)31(36)35(24-27-17-9-4-10-18-27)33(29-21-13-6-14-22-29)30(28-19-11-5-12-20-28)34(32(33)37)23-26-15-7-3-8-16-26/h3-22,25,30H,23-24H2,1-2H3. The van der Waals surface area contributed by atoms with Gasteiger partial charge in [0.15, 0.2) is 5.54 Å². The lowest BCUT2D eigenvalue weighted by Gasteiger charge is -2.61. The molecule has 0 radical (unpaired) electrons. The lowest BCUT2D eigenvalue weighted by Crippen LogP contribution is -2.73. The van der Waals surface area contributed by atoms with E-state index >= 15 is 0 Å². The zero-order valence-corrected chi connectivity index (χ0v) is 21.3. The molecule has 0 bridgehead atoms. The summed E-state index contributed by atoms with van der Waals surface area (Å²) in [6.45, 7) is 4.63. The topological polar surface area (TPSA) is 40.6 Å². The number of rotatable bonds is 8. The molecule has 2 atom stereocenters. The highest BCUT2D eigenvalue weighted by molar-refractivity contribution is 5.99. The van der Waals surface area contributed by atoms with Crippen molar-refractivity contribution in [1.82, 2.24) is 9.80 Å². The van der Waals surface area contributed by atoms with Gasteiger partial charge in [-0.05, 0) is 22.3 Å². The Balaban J connectivity index is 1.71. The molecule has 1 aliphatic heterocycles. The molecule has 37 heavy (non-hydrogen) atoms. The van der Waals surface area contributed by atoms with Gasteiger partial charge in [-0.1, -0.05) is 135 Å². The van der Waals surface area contributed by atoms with Gasteiger partial charge in [-0.25, -0.2) is 0 Å². The lowest BCUT2D eigenvalue weighted by molar-refractivity contribution is -0.190. The first kappa shape index (κ1) is 24.5. The minimum atomic E-state index is -1.16. The van der Waals surface area contributed by atoms with Crippen LogP contribution in [0.2, 0.25) is 0 Å². The van der Waals surface area contributed by atoms with Gasteiger partial charge in [0.2, 0.25) is 5.91 Å². The second-order valence-corrected chi connectivity index (χ2v) is 9.93. The quantitative estimate of drug-likeness (QED) is 0.271. The number of amides is 2. The zero-order chi connectivity index (χ0) is 25.8. The molecule has 1 aliphatic rings. The molecule has 5 rings (SSSR count). The summed E-state index contributed by atoms with van der Waals surface area (Å²) < 4.78 is 0. The zero-order valence-electron chi connectivity index (χ0n) is 21.3. The molecule has 0 saturated carbocycles. The first-order valence-corrected chi connectivity index (χ1v) is 12.8. The van der Waals surface area contributed by atoms with Crippen LogP contribution in [0.5, 0.6) is 0 Å². The van der Waals surface area contributed by atoms with E-state index in [-0.39, 0.29) is 23.8 Å². The Bertz CT molecular complexity index is 1340. The van der Waals surface area contributed by atoms with E-state index < -0.39 is 5.54 Å². The Morgan fingerprint density at radius 1 is 0.757 bits per heavy atom. The number of carbonyl (C=O) groups is 2. The Kier molecular flexibility index (Phi) is 6.91. The van der Waals surface area contributed by atoms with Gasteiger partial charge in [0, 0.05) is 19.0 Å². The highest BCUT2D eigenvalue weighted by Crippen LogP contribution is 2.55. The van der Waals surface area contributed by atoms with E-state index in [1.54, 1.807) is 0 Å². The van der Waals surface area contributed by atoms with E-state index in [0.29, 0.717) is 13.1 Å². The number of carbonyl (C=O) groups excluding carboxylic acids is 2. The summed E-state index contributed by atoms with van der Waals surface area (Å²) in [5, 5.41) is 0. The van der Waals surface area contributed by atoms with E-state index in [2.05, 4.69) is 12.1 Å². The molecule has 4 aromatic rings. The van der Waals surface area contributed by atoms with Crippen LogP contribution in [-0.2, 0) is 28.2 Å². The second-order valence-electron chi connectivity index (χ2n) is 9.93. The van der Waals surface area contributed by atoms with Gasteiger partial charge < -0.3 is 9.80 Å². The summed E-state index contributed by atoms with van der Waals surface area (Å²) in [5.41, 5.74) is 2.74. The van der Waals surface area contributed by atoms with Crippen LogP contribution in [0.25, 0.3) is 0 Å². The van der Waals surface area contributed by atoms with Crippen LogP contribution in [0.3, 0.4) is 0 Å². The van der Waals surface area contributed by atoms with Crippen LogP contribution in [0.15, 0.2) is 121 Å². The third kappa shape index (κ3) is 4.44. The lowest BCUT2D eigenvalue weighted by atomic mass is 9.68. The van der Waals surface area contributed by atoms with E-state index in [4.69, 9.17) is 0 Å². The Morgan fingerprint density at radius 3 is 1.78 bits per heavy atom. The van der Waals surface area contributed by atoms with Gasteiger partial charge >= 0.3 is 0 Å². The molecule has 2 amide bonds. The minimum absolute atomic E-state index is 0.0404. The maximum absolute atomic E-state index is 14.6. The molecule has 0 spiro atoms. The Morgan fingerprint density at radius 2 is 1.24 bits per heavy atom. The number of hydrogen-bond donors (Lipinski definition) is 0. The van der Waals surface area contributed by atoms with Gasteiger partial charge in [-0.2, -0.15) is 0 Å².